The second-order valence-corrected chi connectivity index (χ2v) is 8.26. The van der Waals surface area contributed by atoms with Gasteiger partial charge in [-0.2, -0.15) is 0 Å². The van der Waals surface area contributed by atoms with Gasteiger partial charge in [-0.05, 0) is 54.4 Å². The first-order valence-electron chi connectivity index (χ1n) is 8.17. The van der Waals surface area contributed by atoms with E-state index in [9.17, 15) is 0 Å². The fraction of sp³-hybridized carbons (Fsp3) is 1.00. The Labute approximate surface area is 136 Å². The molecule has 0 rings (SSSR count). The maximum atomic E-state index is 2.56. The fourth-order valence-corrected chi connectivity index (χ4v) is 4.64. The van der Waals surface area contributed by atoms with Crippen molar-refractivity contribution in [3.8, 4) is 0 Å². The molecule has 0 aromatic heterocycles. The van der Waals surface area contributed by atoms with E-state index in [-0.39, 0.29) is 0 Å². The van der Waals surface area contributed by atoms with Gasteiger partial charge in [0, 0.05) is 35.7 Å². The predicted octanol–water partition coefficient (Wildman–Crippen LogP) is 5.30. The standard InChI is InChI=1S/C16H36N2S2/c1-9-15(7)17(13(3)4)19-11-12-20-18(14(5)6)16(8)10-2/h13-16H,9-12H2,1-8H3. The van der Waals surface area contributed by atoms with Gasteiger partial charge in [0.25, 0.3) is 0 Å². The first-order valence-corrected chi connectivity index (χ1v) is 10.1. The quantitative estimate of drug-likeness (QED) is 0.376. The molecule has 20 heavy (non-hydrogen) atoms. The summed E-state index contributed by atoms with van der Waals surface area (Å²) in [6.07, 6.45) is 2.45. The van der Waals surface area contributed by atoms with Crippen LogP contribution in [0.3, 0.4) is 0 Å². The van der Waals surface area contributed by atoms with Gasteiger partial charge in [-0.1, -0.05) is 37.7 Å². The lowest BCUT2D eigenvalue weighted by Gasteiger charge is -2.33. The molecule has 0 aromatic rings. The Morgan fingerprint density at radius 2 is 0.950 bits per heavy atom. The summed E-state index contributed by atoms with van der Waals surface area (Å²) in [7, 11) is 0. The van der Waals surface area contributed by atoms with E-state index in [4.69, 9.17) is 0 Å². The Morgan fingerprint density at radius 1 is 0.650 bits per heavy atom. The number of hydrogen-bond acceptors (Lipinski definition) is 4. The number of rotatable bonds is 11. The van der Waals surface area contributed by atoms with Gasteiger partial charge in [0.05, 0.1) is 0 Å². The monoisotopic (exact) mass is 320 g/mol. The van der Waals surface area contributed by atoms with Gasteiger partial charge in [-0.3, -0.25) is 0 Å². The fourth-order valence-electron chi connectivity index (χ4n) is 2.22. The predicted molar refractivity (Wildman–Crippen MR) is 98.4 cm³/mol. The van der Waals surface area contributed by atoms with Gasteiger partial charge in [0.1, 0.15) is 0 Å². The van der Waals surface area contributed by atoms with E-state index < -0.39 is 0 Å². The van der Waals surface area contributed by atoms with Crippen molar-refractivity contribution in [3.05, 3.63) is 0 Å². The van der Waals surface area contributed by atoms with Crippen molar-refractivity contribution < 1.29 is 0 Å². The topological polar surface area (TPSA) is 6.48 Å². The van der Waals surface area contributed by atoms with Crippen molar-refractivity contribution in [1.29, 1.82) is 0 Å². The highest BCUT2D eigenvalue weighted by molar-refractivity contribution is 8.00. The first-order chi connectivity index (χ1) is 9.34. The summed E-state index contributed by atoms with van der Waals surface area (Å²) in [6.45, 7) is 18.4. The lowest BCUT2D eigenvalue weighted by Crippen LogP contribution is -2.34. The summed E-state index contributed by atoms with van der Waals surface area (Å²) in [5.74, 6) is 2.40. The third kappa shape index (κ3) is 7.58. The zero-order chi connectivity index (χ0) is 15.7. The van der Waals surface area contributed by atoms with E-state index in [0.29, 0.717) is 24.2 Å². The van der Waals surface area contributed by atoms with E-state index in [0.717, 1.165) is 0 Å². The van der Waals surface area contributed by atoms with Crippen LogP contribution in [0.15, 0.2) is 0 Å². The van der Waals surface area contributed by atoms with Crippen LogP contribution >= 0.6 is 23.9 Å². The molecular formula is C16H36N2S2. The Hall–Kier alpha value is 0.620. The molecule has 0 bridgehead atoms. The normalized spacial score (nSPS) is 15.6. The lowest BCUT2D eigenvalue weighted by molar-refractivity contribution is 0.309. The van der Waals surface area contributed by atoms with Crippen molar-refractivity contribution in [2.24, 2.45) is 0 Å². The van der Waals surface area contributed by atoms with Gasteiger partial charge >= 0.3 is 0 Å². The highest BCUT2D eigenvalue weighted by Crippen LogP contribution is 2.25. The maximum Gasteiger partial charge on any atom is 0.0185 e. The molecule has 0 saturated carbocycles. The molecule has 0 aliphatic carbocycles. The van der Waals surface area contributed by atoms with Gasteiger partial charge in [0.2, 0.25) is 0 Å². The Bertz CT molecular complexity index is 211. The molecular weight excluding hydrogens is 284 g/mol. The molecule has 0 heterocycles. The zero-order valence-corrected chi connectivity index (χ0v) is 16.5. The van der Waals surface area contributed by atoms with Gasteiger partial charge in [0.15, 0.2) is 0 Å². The van der Waals surface area contributed by atoms with Crippen LogP contribution in [0.25, 0.3) is 0 Å². The average Bonchev–Trinajstić information content (AvgIpc) is 2.40. The molecule has 0 amide bonds. The molecule has 0 spiro atoms. The molecule has 4 heteroatoms. The summed E-state index contributed by atoms with van der Waals surface area (Å²) in [5, 5.41) is 0. The molecule has 0 aliphatic rings. The summed E-state index contributed by atoms with van der Waals surface area (Å²) >= 11 is 4.04. The van der Waals surface area contributed by atoms with E-state index in [1.165, 1.54) is 24.3 Å². The van der Waals surface area contributed by atoms with Crippen LogP contribution in [-0.2, 0) is 0 Å². The maximum absolute atomic E-state index is 2.56. The summed E-state index contributed by atoms with van der Waals surface area (Å²) in [5.41, 5.74) is 0. The average molecular weight is 321 g/mol. The second kappa shape index (κ2) is 11.2. The second-order valence-electron chi connectivity index (χ2n) is 6.09. The minimum absolute atomic E-state index is 0.621. The molecule has 2 atom stereocenters. The zero-order valence-electron chi connectivity index (χ0n) is 14.8. The van der Waals surface area contributed by atoms with Crippen molar-refractivity contribution in [2.75, 3.05) is 11.5 Å². The molecule has 2 unspecified atom stereocenters. The smallest absolute Gasteiger partial charge is 0.0185 e. The molecule has 0 saturated heterocycles. The van der Waals surface area contributed by atoms with Crippen molar-refractivity contribution in [2.45, 2.75) is 92.4 Å². The van der Waals surface area contributed by atoms with E-state index in [1.807, 2.05) is 23.9 Å². The van der Waals surface area contributed by atoms with Crippen molar-refractivity contribution in [3.63, 3.8) is 0 Å². The van der Waals surface area contributed by atoms with E-state index in [1.54, 1.807) is 0 Å². The highest BCUT2D eigenvalue weighted by atomic mass is 32.2. The van der Waals surface area contributed by atoms with Crippen LogP contribution in [0.5, 0.6) is 0 Å². The molecule has 122 valence electrons. The number of hydrogen-bond donors (Lipinski definition) is 0. The minimum Gasteiger partial charge on any atom is -0.245 e. The SMILES string of the molecule is CCC(C)N(SCCSN(C(C)C)C(C)CC)C(C)C. The summed E-state index contributed by atoms with van der Waals surface area (Å²) < 4.78 is 5.12. The Kier molecular flexibility index (Phi) is 11.6. The van der Waals surface area contributed by atoms with E-state index in [2.05, 4.69) is 64.0 Å². The Balaban J connectivity index is 4.14. The molecule has 0 aliphatic heterocycles. The molecule has 0 fully saturated rings. The van der Waals surface area contributed by atoms with Crippen molar-refractivity contribution in [1.82, 2.24) is 8.61 Å². The molecule has 0 N–H and O–H groups in total. The lowest BCUT2D eigenvalue weighted by atomic mass is 10.2. The van der Waals surface area contributed by atoms with Crippen LogP contribution in [0.2, 0.25) is 0 Å². The van der Waals surface area contributed by atoms with Gasteiger partial charge in [-0.25, -0.2) is 8.61 Å². The largest absolute Gasteiger partial charge is 0.245 e. The van der Waals surface area contributed by atoms with Crippen LogP contribution in [-0.4, -0.2) is 44.3 Å². The minimum atomic E-state index is 0.621. The van der Waals surface area contributed by atoms with Crippen LogP contribution in [0, 0.1) is 0 Å². The third-order valence-corrected chi connectivity index (χ3v) is 6.82. The number of nitrogens with zero attached hydrogens (tertiary/aromatic N) is 2. The highest BCUT2D eigenvalue weighted by Gasteiger charge is 2.18. The van der Waals surface area contributed by atoms with Gasteiger partial charge < -0.3 is 0 Å². The first kappa shape index (κ1) is 20.6. The van der Waals surface area contributed by atoms with Crippen LogP contribution in [0.4, 0.5) is 0 Å². The Morgan fingerprint density at radius 3 is 1.15 bits per heavy atom. The van der Waals surface area contributed by atoms with Crippen LogP contribution < -0.4 is 0 Å². The molecule has 0 aromatic carbocycles. The summed E-state index contributed by atoms with van der Waals surface area (Å²) in [6, 6.07) is 2.58. The molecule has 2 nitrogen and oxygen atoms in total. The van der Waals surface area contributed by atoms with E-state index >= 15 is 0 Å². The van der Waals surface area contributed by atoms with Crippen LogP contribution in [0.1, 0.15) is 68.2 Å². The summed E-state index contributed by atoms with van der Waals surface area (Å²) in [4.78, 5) is 0. The van der Waals surface area contributed by atoms with Gasteiger partial charge in [-0.15, -0.1) is 0 Å². The van der Waals surface area contributed by atoms with Crippen molar-refractivity contribution >= 4 is 23.9 Å². The molecule has 0 radical (unpaired) electrons. The third-order valence-electron chi connectivity index (χ3n) is 3.63.